The Morgan fingerprint density at radius 1 is 1.17 bits per heavy atom. The molecular formula is C16H35IN4O2. The van der Waals surface area contributed by atoms with Gasteiger partial charge in [0.25, 0.3) is 0 Å². The molecule has 0 aromatic heterocycles. The maximum absolute atomic E-state index is 11.6. The van der Waals surface area contributed by atoms with E-state index >= 15 is 0 Å². The Labute approximate surface area is 158 Å². The highest BCUT2D eigenvalue weighted by atomic mass is 127. The minimum absolute atomic E-state index is 0. The Kier molecular flexibility index (Phi) is 17.5. The highest BCUT2D eigenvalue weighted by Gasteiger charge is 2.11. The number of aliphatic hydroxyl groups excluding tert-OH is 1. The standard InChI is InChI=1S/C16H34N4O2.HI/c1-5-8-18-15(22)12-20-16(17-6-2)19-11-14(7-9-21)10-13(3)4;/h13-14,21H,5-12H2,1-4H3,(H,18,22)(H2,17,19,20);1H. The number of carbonyl (C=O) groups excluding carboxylic acids is 1. The van der Waals surface area contributed by atoms with Crippen molar-refractivity contribution in [3.05, 3.63) is 0 Å². The summed E-state index contributed by atoms with van der Waals surface area (Å²) >= 11 is 0. The first kappa shape index (κ1) is 24.7. The molecule has 0 aromatic carbocycles. The second-order valence-electron chi connectivity index (χ2n) is 5.93. The van der Waals surface area contributed by atoms with Crippen LogP contribution in [0.15, 0.2) is 4.99 Å². The summed E-state index contributed by atoms with van der Waals surface area (Å²) in [4.78, 5) is 15.9. The molecule has 0 saturated heterocycles. The van der Waals surface area contributed by atoms with E-state index in [0.717, 1.165) is 32.4 Å². The van der Waals surface area contributed by atoms with Crippen molar-refractivity contribution < 1.29 is 9.90 Å². The van der Waals surface area contributed by atoms with Gasteiger partial charge in [-0.05, 0) is 38.0 Å². The number of guanidine groups is 1. The van der Waals surface area contributed by atoms with E-state index in [1.807, 2.05) is 13.8 Å². The average Bonchev–Trinajstić information content (AvgIpc) is 2.47. The van der Waals surface area contributed by atoms with Gasteiger partial charge in [-0.1, -0.05) is 20.8 Å². The summed E-state index contributed by atoms with van der Waals surface area (Å²) in [7, 11) is 0. The lowest BCUT2D eigenvalue weighted by atomic mass is 9.94. The normalized spacial score (nSPS) is 12.5. The number of nitrogens with zero attached hydrogens (tertiary/aromatic N) is 1. The third kappa shape index (κ3) is 14.7. The zero-order valence-corrected chi connectivity index (χ0v) is 17.4. The van der Waals surface area contributed by atoms with E-state index in [0.29, 0.717) is 24.3 Å². The molecule has 23 heavy (non-hydrogen) atoms. The Morgan fingerprint density at radius 2 is 1.87 bits per heavy atom. The smallest absolute Gasteiger partial charge is 0.241 e. The zero-order chi connectivity index (χ0) is 16.8. The number of aliphatic hydroxyl groups is 1. The lowest BCUT2D eigenvalue weighted by Crippen LogP contribution is -2.41. The lowest BCUT2D eigenvalue weighted by Gasteiger charge is -2.20. The predicted molar refractivity (Wildman–Crippen MR) is 107 cm³/mol. The predicted octanol–water partition coefficient (Wildman–Crippen LogP) is 1.73. The SMILES string of the molecule is CCCNC(=O)CN=C(NCC)NCC(CCO)CC(C)C.I. The van der Waals surface area contributed by atoms with E-state index in [9.17, 15) is 4.79 Å². The highest BCUT2D eigenvalue weighted by molar-refractivity contribution is 14.0. The van der Waals surface area contributed by atoms with Crippen LogP contribution in [0.2, 0.25) is 0 Å². The second-order valence-corrected chi connectivity index (χ2v) is 5.93. The summed E-state index contributed by atoms with van der Waals surface area (Å²) in [6, 6.07) is 0. The van der Waals surface area contributed by atoms with Crippen molar-refractivity contribution in [1.29, 1.82) is 0 Å². The Hall–Kier alpha value is -0.570. The first-order chi connectivity index (χ1) is 10.5. The Balaban J connectivity index is 0. The molecule has 0 heterocycles. The van der Waals surface area contributed by atoms with Crippen LogP contribution < -0.4 is 16.0 Å². The Bertz CT molecular complexity index is 325. The molecule has 1 atom stereocenters. The van der Waals surface area contributed by atoms with Crippen LogP contribution in [0.5, 0.6) is 0 Å². The van der Waals surface area contributed by atoms with E-state index in [2.05, 4.69) is 34.8 Å². The average molecular weight is 442 g/mol. The summed E-state index contributed by atoms with van der Waals surface area (Å²) in [6.45, 7) is 10.9. The molecule has 1 unspecified atom stereocenters. The molecule has 7 heteroatoms. The number of hydrogen-bond acceptors (Lipinski definition) is 3. The molecule has 0 fully saturated rings. The molecule has 0 rings (SSSR count). The summed E-state index contributed by atoms with van der Waals surface area (Å²) in [6.07, 6.45) is 2.76. The monoisotopic (exact) mass is 442 g/mol. The lowest BCUT2D eigenvalue weighted by molar-refractivity contribution is -0.119. The molecule has 0 aliphatic carbocycles. The topological polar surface area (TPSA) is 85.8 Å². The molecule has 138 valence electrons. The van der Waals surface area contributed by atoms with Crippen molar-refractivity contribution in [2.75, 3.05) is 32.8 Å². The molecule has 0 aliphatic rings. The van der Waals surface area contributed by atoms with Crippen molar-refractivity contribution in [1.82, 2.24) is 16.0 Å². The maximum atomic E-state index is 11.6. The van der Waals surface area contributed by atoms with Gasteiger partial charge in [0.1, 0.15) is 6.54 Å². The molecule has 0 aliphatic heterocycles. The second kappa shape index (κ2) is 16.3. The molecule has 0 radical (unpaired) electrons. The first-order valence-corrected chi connectivity index (χ1v) is 8.43. The number of amides is 1. The molecule has 6 nitrogen and oxygen atoms in total. The van der Waals surface area contributed by atoms with Crippen LogP contribution >= 0.6 is 24.0 Å². The fraction of sp³-hybridized carbons (Fsp3) is 0.875. The van der Waals surface area contributed by atoms with Gasteiger partial charge >= 0.3 is 0 Å². The van der Waals surface area contributed by atoms with Gasteiger partial charge < -0.3 is 21.1 Å². The van der Waals surface area contributed by atoms with Gasteiger partial charge in [-0.2, -0.15) is 0 Å². The van der Waals surface area contributed by atoms with Crippen LogP contribution in [0.25, 0.3) is 0 Å². The largest absolute Gasteiger partial charge is 0.396 e. The molecule has 0 aromatic rings. The third-order valence-electron chi connectivity index (χ3n) is 3.20. The maximum Gasteiger partial charge on any atom is 0.241 e. The van der Waals surface area contributed by atoms with E-state index in [4.69, 9.17) is 5.11 Å². The van der Waals surface area contributed by atoms with Gasteiger partial charge in [0, 0.05) is 26.2 Å². The molecule has 0 bridgehead atoms. The fourth-order valence-corrected chi connectivity index (χ4v) is 2.21. The van der Waals surface area contributed by atoms with Gasteiger partial charge in [0.15, 0.2) is 5.96 Å². The first-order valence-electron chi connectivity index (χ1n) is 8.43. The quantitative estimate of drug-likeness (QED) is 0.223. The van der Waals surface area contributed by atoms with Gasteiger partial charge in [-0.25, -0.2) is 4.99 Å². The summed E-state index contributed by atoms with van der Waals surface area (Å²) in [5.41, 5.74) is 0. The number of carbonyl (C=O) groups is 1. The molecule has 4 N–H and O–H groups in total. The van der Waals surface area contributed by atoms with Crippen LogP contribution in [0, 0.1) is 11.8 Å². The molecule has 0 spiro atoms. The van der Waals surface area contributed by atoms with Crippen molar-refractivity contribution in [2.24, 2.45) is 16.8 Å². The van der Waals surface area contributed by atoms with E-state index in [1.54, 1.807) is 0 Å². The summed E-state index contributed by atoms with van der Waals surface area (Å²) in [5.74, 6) is 1.59. The van der Waals surface area contributed by atoms with Crippen LogP contribution in [-0.4, -0.2) is 49.8 Å². The number of hydrogen-bond donors (Lipinski definition) is 4. The van der Waals surface area contributed by atoms with Gasteiger partial charge in [0.05, 0.1) is 0 Å². The minimum Gasteiger partial charge on any atom is -0.396 e. The fourth-order valence-electron chi connectivity index (χ4n) is 2.21. The number of rotatable bonds is 11. The van der Waals surface area contributed by atoms with Crippen LogP contribution in [0.1, 0.15) is 47.0 Å². The molecular weight excluding hydrogens is 407 g/mol. The minimum atomic E-state index is -0.0619. The van der Waals surface area contributed by atoms with E-state index < -0.39 is 0 Å². The van der Waals surface area contributed by atoms with E-state index in [-0.39, 0.29) is 43.0 Å². The van der Waals surface area contributed by atoms with Crippen LogP contribution in [0.4, 0.5) is 0 Å². The number of halogens is 1. The molecule has 0 saturated carbocycles. The summed E-state index contributed by atoms with van der Waals surface area (Å²) < 4.78 is 0. The van der Waals surface area contributed by atoms with Gasteiger partial charge in [-0.15, -0.1) is 24.0 Å². The third-order valence-corrected chi connectivity index (χ3v) is 3.20. The summed E-state index contributed by atoms with van der Waals surface area (Å²) in [5, 5.41) is 18.4. The van der Waals surface area contributed by atoms with Crippen molar-refractivity contribution >= 4 is 35.8 Å². The van der Waals surface area contributed by atoms with Gasteiger partial charge in [-0.3, -0.25) is 4.79 Å². The van der Waals surface area contributed by atoms with Crippen molar-refractivity contribution in [2.45, 2.75) is 47.0 Å². The van der Waals surface area contributed by atoms with Gasteiger partial charge in [0.2, 0.25) is 5.91 Å². The number of aliphatic imine (C=N–C) groups is 1. The zero-order valence-electron chi connectivity index (χ0n) is 15.0. The molecule has 1 amide bonds. The van der Waals surface area contributed by atoms with Crippen LogP contribution in [-0.2, 0) is 4.79 Å². The van der Waals surface area contributed by atoms with Crippen LogP contribution in [0.3, 0.4) is 0 Å². The number of nitrogens with one attached hydrogen (secondary N) is 3. The Morgan fingerprint density at radius 3 is 2.39 bits per heavy atom. The van der Waals surface area contributed by atoms with E-state index in [1.165, 1.54) is 0 Å². The highest BCUT2D eigenvalue weighted by Crippen LogP contribution is 2.14. The van der Waals surface area contributed by atoms with Crippen molar-refractivity contribution in [3.63, 3.8) is 0 Å². The van der Waals surface area contributed by atoms with Crippen molar-refractivity contribution in [3.8, 4) is 0 Å².